The average molecular weight is 387 g/mol. The van der Waals surface area contributed by atoms with Crippen molar-refractivity contribution in [2.45, 2.75) is 52.7 Å². The van der Waals surface area contributed by atoms with Crippen molar-refractivity contribution in [3.8, 4) is 22.4 Å². The van der Waals surface area contributed by atoms with Crippen molar-refractivity contribution in [2.75, 3.05) is 0 Å². The summed E-state index contributed by atoms with van der Waals surface area (Å²) in [5.74, 6) is -0.256. The van der Waals surface area contributed by atoms with Crippen LogP contribution in [0.3, 0.4) is 0 Å². The maximum Gasteiger partial charge on any atom is 0.338 e. The summed E-state index contributed by atoms with van der Waals surface area (Å²) < 4.78 is 7.23. The molecule has 0 atom stereocenters. The topological polar surface area (TPSA) is 57.0 Å². The van der Waals surface area contributed by atoms with E-state index in [1.807, 2.05) is 37.4 Å². The Balaban J connectivity index is 1.52. The molecule has 1 aromatic carbocycles. The van der Waals surface area contributed by atoms with Gasteiger partial charge in [0.2, 0.25) is 0 Å². The predicted octanol–water partition coefficient (Wildman–Crippen LogP) is 5.17. The maximum absolute atomic E-state index is 12.0. The molecule has 1 saturated carbocycles. The average Bonchev–Trinajstić information content (AvgIpc) is 3.43. The van der Waals surface area contributed by atoms with Gasteiger partial charge in [-0.25, -0.2) is 4.79 Å². The first-order chi connectivity index (χ1) is 14.0. The molecular weight excluding hydrogens is 362 g/mol. The summed E-state index contributed by atoms with van der Waals surface area (Å²) in [6.45, 7) is 5.66. The molecular formula is C24H25N3O2. The van der Waals surface area contributed by atoms with Gasteiger partial charge < -0.3 is 4.74 Å². The minimum atomic E-state index is -0.256. The van der Waals surface area contributed by atoms with Crippen LogP contribution >= 0.6 is 0 Å². The van der Waals surface area contributed by atoms with Crippen LogP contribution in [-0.2, 0) is 17.9 Å². The number of fused-ring (bicyclic) bond motifs is 1. The van der Waals surface area contributed by atoms with E-state index in [9.17, 15) is 4.79 Å². The summed E-state index contributed by atoms with van der Waals surface area (Å²) in [6, 6.07) is 10.0. The number of benzene rings is 1. The van der Waals surface area contributed by atoms with Crippen LogP contribution in [-0.4, -0.2) is 20.7 Å². The number of esters is 1. The second kappa shape index (κ2) is 6.83. The highest BCUT2D eigenvalue weighted by Gasteiger charge is 2.29. The van der Waals surface area contributed by atoms with Crippen LogP contribution in [0.4, 0.5) is 0 Å². The predicted molar refractivity (Wildman–Crippen MR) is 111 cm³/mol. The first kappa shape index (κ1) is 18.1. The van der Waals surface area contributed by atoms with E-state index in [4.69, 9.17) is 9.72 Å². The third kappa shape index (κ3) is 3.35. The van der Waals surface area contributed by atoms with Crippen LogP contribution in [0.2, 0.25) is 0 Å². The Labute approximate surface area is 170 Å². The number of hydrogen-bond acceptors (Lipinski definition) is 4. The molecule has 5 nitrogen and oxygen atoms in total. The van der Waals surface area contributed by atoms with Gasteiger partial charge in [0, 0.05) is 40.7 Å². The van der Waals surface area contributed by atoms with E-state index in [0.29, 0.717) is 17.6 Å². The number of carbonyl (C=O) groups excluding carboxylic acids is 1. The summed E-state index contributed by atoms with van der Waals surface area (Å²) in [5.41, 5.74) is 6.75. The highest BCUT2D eigenvalue weighted by molar-refractivity contribution is 5.95. The van der Waals surface area contributed by atoms with Gasteiger partial charge in [0.05, 0.1) is 17.5 Å². The largest absolute Gasteiger partial charge is 0.457 e. The number of aryl methyl sites for hydroxylation is 1. The number of ether oxygens (including phenoxy) is 1. The zero-order chi connectivity index (χ0) is 20.0. The molecule has 2 aliphatic rings. The summed E-state index contributed by atoms with van der Waals surface area (Å²) in [4.78, 5) is 16.8. The fourth-order valence-electron chi connectivity index (χ4n) is 4.64. The Morgan fingerprint density at radius 1 is 1.10 bits per heavy atom. The van der Waals surface area contributed by atoms with Crippen molar-refractivity contribution in [1.29, 1.82) is 0 Å². The highest BCUT2D eigenvalue weighted by atomic mass is 16.5. The molecule has 148 valence electrons. The molecule has 1 aliphatic heterocycles. The van der Waals surface area contributed by atoms with Crippen LogP contribution in [0.15, 0.2) is 42.7 Å². The molecule has 1 aliphatic carbocycles. The maximum atomic E-state index is 12.0. The number of hydrogen-bond donors (Lipinski definition) is 0. The van der Waals surface area contributed by atoms with Crippen LogP contribution in [0.1, 0.15) is 54.2 Å². The number of pyridine rings is 1. The second-order valence-corrected chi connectivity index (χ2v) is 8.74. The van der Waals surface area contributed by atoms with E-state index in [1.54, 1.807) is 0 Å². The molecule has 0 bridgehead atoms. The standard InChI is InChI=1S/C24H25N3O2/c1-16-5-8-20(19-12-25-27(13-19)15-24(2)9-3-4-10-24)22(26-16)17-6-7-18-14-29-23(28)21(18)11-17/h5-8,11-13H,3-4,9-10,14-15H2,1-2H3. The highest BCUT2D eigenvalue weighted by Crippen LogP contribution is 2.39. The van der Waals surface area contributed by atoms with Crippen LogP contribution in [0.25, 0.3) is 22.4 Å². The smallest absolute Gasteiger partial charge is 0.338 e. The molecule has 5 heteroatoms. The van der Waals surface area contributed by atoms with Crippen LogP contribution in [0, 0.1) is 12.3 Å². The van der Waals surface area contributed by atoms with Gasteiger partial charge >= 0.3 is 5.97 Å². The Bertz CT molecular complexity index is 1090. The molecule has 0 unspecified atom stereocenters. The van der Waals surface area contributed by atoms with Gasteiger partial charge in [-0.1, -0.05) is 38.0 Å². The van der Waals surface area contributed by atoms with Gasteiger partial charge in [0.25, 0.3) is 0 Å². The van der Waals surface area contributed by atoms with Gasteiger partial charge in [0.1, 0.15) is 6.61 Å². The van der Waals surface area contributed by atoms with Crippen LogP contribution < -0.4 is 0 Å². The van der Waals surface area contributed by atoms with E-state index >= 15 is 0 Å². The third-order valence-electron chi connectivity index (χ3n) is 6.30. The summed E-state index contributed by atoms with van der Waals surface area (Å²) in [5, 5.41) is 4.64. The fourth-order valence-corrected chi connectivity index (χ4v) is 4.64. The molecule has 0 N–H and O–H groups in total. The third-order valence-corrected chi connectivity index (χ3v) is 6.30. The van der Waals surface area contributed by atoms with Gasteiger partial charge in [-0.05, 0) is 37.3 Å². The Kier molecular flexibility index (Phi) is 4.26. The Morgan fingerprint density at radius 3 is 2.76 bits per heavy atom. The normalized spacial score (nSPS) is 17.4. The van der Waals surface area contributed by atoms with E-state index in [-0.39, 0.29) is 5.97 Å². The van der Waals surface area contributed by atoms with Crippen molar-refractivity contribution in [3.63, 3.8) is 0 Å². The zero-order valence-corrected chi connectivity index (χ0v) is 16.9. The number of aromatic nitrogens is 3. The van der Waals surface area contributed by atoms with E-state index in [2.05, 4.69) is 29.0 Å². The molecule has 0 amide bonds. The van der Waals surface area contributed by atoms with Gasteiger partial charge in [-0.2, -0.15) is 5.10 Å². The fraction of sp³-hybridized carbons (Fsp3) is 0.375. The first-order valence-corrected chi connectivity index (χ1v) is 10.3. The quantitative estimate of drug-likeness (QED) is 0.580. The lowest BCUT2D eigenvalue weighted by Gasteiger charge is -2.22. The molecule has 0 spiro atoms. The molecule has 29 heavy (non-hydrogen) atoms. The second-order valence-electron chi connectivity index (χ2n) is 8.74. The first-order valence-electron chi connectivity index (χ1n) is 10.3. The van der Waals surface area contributed by atoms with Crippen molar-refractivity contribution in [1.82, 2.24) is 14.8 Å². The lowest BCUT2D eigenvalue weighted by atomic mass is 9.89. The number of rotatable bonds is 4. The van der Waals surface area contributed by atoms with Crippen molar-refractivity contribution < 1.29 is 9.53 Å². The zero-order valence-electron chi connectivity index (χ0n) is 16.9. The van der Waals surface area contributed by atoms with E-state index in [1.165, 1.54) is 25.7 Å². The molecule has 0 radical (unpaired) electrons. The number of carbonyl (C=O) groups is 1. The molecule has 3 heterocycles. The lowest BCUT2D eigenvalue weighted by molar-refractivity contribution is 0.0535. The Morgan fingerprint density at radius 2 is 1.93 bits per heavy atom. The van der Waals surface area contributed by atoms with Crippen LogP contribution in [0.5, 0.6) is 0 Å². The molecule has 1 fully saturated rings. The molecule has 5 rings (SSSR count). The van der Waals surface area contributed by atoms with Gasteiger partial charge in [0.15, 0.2) is 0 Å². The summed E-state index contributed by atoms with van der Waals surface area (Å²) in [6.07, 6.45) is 9.22. The van der Waals surface area contributed by atoms with Crippen molar-refractivity contribution >= 4 is 5.97 Å². The Hall–Kier alpha value is -2.95. The van der Waals surface area contributed by atoms with Crippen molar-refractivity contribution in [2.24, 2.45) is 5.41 Å². The van der Waals surface area contributed by atoms with Gasteiger partial charge in [-0.15, -0.1) is 0 Å². The monoisotopic (exact) mass is 387 g/mol. The summed E-state index contributed by atoms with van der Waals surface area (Å²) in [7, 11) is 0. The molecule has 2 aromatic heterocycles. The number of cyclic esters (lactones) is 1. The van der Waals surface area contributed by atoms with Crippen molar-refractivity contribution in [3.05, 3.63) is 59.5 Å². The van der Waals surface area contributed by atoms with Gasteiger partial charge in [-0.3, -0.25) is 9.67 Å². The molecule has 0 saturated heterocycles. The minimum Gasteiger partial charge on any atom is -0.457 e. The minimum absolute atomic E-state index is 0.256. The van der Waals surface area contributed by atoms with E-state index < -0.39 is 0 Å². The van der Waals surface area contributed by atoms with E-state index in [0.717, 1.165) is 40.2 Å². The molecule has 3 aromatic rings. The summed E-state index contributed by atoms with van der Waals surface area (Å²) >= 11 is 0. The number of nitrogens with zero attached hydrogens (tertiary/aromatic N) is 3. The lowest BCUT2D eigenvalue weighted by Crippen LogP contribution is -2.19. The SMILES string of the molecule is Cc1ccc(-c2cnn(CC3(C)CCCC3)c2)c(-c2ccc3c(c2)C(=O)OC3)n1.